The van der Waals surface area contributed by atoms with Crippen LogP contribution in [0.5, 0.6) is 0 Å². The number of carbonyl (C=O) groups is 6. The maximum absolute atomic E-state index is 14.4. The lowest BCUT2D eigenvalue weighted by Gasteiger charge is -2.41. The molecule has 0 N–H and O–H groups in total. The Kier molecular flexibility index (Phi) is 10.1. The van der Waals surface area contributed by atoms with Gasteiger partial charge in [-0.3, -0.25) is 24.0 Å². The number of fused-ring (bicyclic) bond motifs is 1. The Balaban J connectivity index is 2.33. The molecule has 0 spiro atoms. The van der Waals surface area contributed by atoms with Gasteiger partial charge >= 0.3 is 23.9 Å². The van der Waals surface area contributed by atoms with E-state index in [0.29, 0.717) is 0 Å². The lowest BCUT2D eigenvalue weighted by molar-refractivity contribution is -0.182. The molecule has 1 saturated carbocycles. The number of Topliss-reactive ketones (excluding diaryl/α,β-unsaturated/α-hetero) is 2. The molecule has 0 bridgehead atoms. The molecule has 2 aliphatic rings. The lowest BCUT2D eigenvalue weighted by atomic mass is 9.73. The van der Waals surface area contributed by atoms with Gasteiger partial charge in [-0.25, -0.2) is 4.79 Å². The molecule has 1 aromatic rings. The van der Waals surface area contributed by atoms with Crippen molar-refractivity contribution in [3.63, 3.8) is 0 Å². The SMILES string of the molecule is C=C1[C@H](OC(C)=O)CC(=O)C(C)(C)/C=C/[C@H](C)C(=O)[C@@]2(OC(C)=O)C[C@H](C)[C@H](OC(=O)c3ccccc3)[C@@H]2[C@H]1OC(C)=O. The van der Waals surface area contributed by atoms with E-state index in [0.717, 1.165) is 20.8 Å². The first-order valence-electron chi connectivity index (χ1n) is 14.3. The average molecular weight is 597 g/mol. The third kappa shape index (κ3) is 7.29. The number of ether oxygens (including phenoxy) is 4. The van der Waals surface area contributed by atoms with Crippen molar-refractivity contribution in [2.45, 2.75) is 85.2 Å². The Bertz CT molecular complexity index is 1330. The highest BCUT2D eigenvalue weighted by Gasteiger charge is 2.65. The van der Waals surface area contributed by atoms with Gasteiger partial charge in [-0.1, -0.05) is 50.8 Å². The van der Waals surface area contributed by atoms with Gasteiger partial charge in [0.05, 0.1) is 11.5 Å². The quantitative estimate of drug-likeness (QED) is 0.274. The van der Waals surface area contributed by atoms with Crippen LogP contribution in [0.15, 0.2) is 54.6 Å². The minimum absolute atomic E-state index is 0.0176. The van der Waals surface area contributed by atoms with Gasteiger partial charge in [-0.2, -0.15) is 0 Å². The van der Waals surface area contributed by atoms with Crippen LogP contribution in [0.25, 0.3) is 0 Å². The van der Waals surface area contributed by atoms with Crippen molar-refractivity contribution in [1.82, 2.24) is 0 Å². The molecule has 0 radical (unpaired) electrons. The van der Waals surface area contributed by atoms with Crippen LogP contribution in [-0.4, -0.2) is 59.4 Å². The second-order valence-corrected chi connectivity index (χ2v) is 12.0. The van der Waals surface area contributed by atoms with Crippen molar-refractivity contribution < 1.29 is 47.7 Å². The standard InChI is InChI=1S/C33H40O10/c1-18-14-15-32(7,8)26(37)16-25(40-21(4)34)20(3)29(41-22(5)35)27-28(42-31(39)24-12-10-9-11-13-24)19(2)17-33(27,30(18)38)43-23(6)36/h9-15,18-19,25,27-29H,3,16-17H2,1-2,4-8H3/b15-14+/t18-,19-,25+,27+,28-,29-,33+/m0/s1. The third-order valence-electron chi connectivity index (χ3n) is 8.08. The number of allylic oxidation sites excluding steroid dienone is 2. The summed E-state index contributed by atoms with van der Waals surface area (Å²) in [7, 11) is 0. The molecule has 0 unspecified atom stereocenters. The minimum atomic E-state index is -1.94. The van der Waals surface area contributed by atoms with Crippen molar-refractivity contribution in [2.24, 2.45) is 23.2 Å². The van der Waals surface area contributed by atoms with Gasteiger partial charge in [0.25, 0.3) is 0 Å². The van der Waals surface area contributed by atoms with E-state index in [1.54, 1.807) is 70.2 Å². The van der Waals surface area contributed by atoms with Crippen molar-refractivity contribution in [3.8, 4) is 0 Å². The molecule has 0 saturated heterocycles. The van der Waals surface area contributed by atoms with Crippen LogP contribution in [-0.2, 0) is 42.9 Å². The summed E-state index contributed by atoms with van der Waals surface area (Å²) < 4.78 is 23.2. The average Bonchev–Trinajstić information content (AvgIpc) is 3.19. The van der Waals surface area contributed by atoms with Crippen molar-refractivity contribution in [1.29, 1.82) is 0 Å². The van der Waals surface area contributed by atoms with E-state index in [1.165, 1.54) is 0 Å². The molecule has 3 rings (SSSR count). The molecule has 7 atom stereocenters. The number of carbonyl (C=O) groups excluding carboxylic acids is 6. The predicted octanol–water partition coefficient (Wildman–Crippen LogP) is 4.35. The summed E-state index contributed by atoms with van der Waals surface area (Å²) >= 11 is 0. The first-order chi connectivity index (χ1) is 20.0. The van der Waals surface area contributed by atoms with Crippen molar-refractivity contribution >= 4 is 35.4 Å². The number of hydrogen-bond donors (Lipinski definition) is 0. The highest BCUT2D eigenvalue weighted by atomic mass is 16.6. The molecule has 0 aliphatic heterocycles. The van der Waals surface area contributed by atoms with Gasteiger partial charge < -0.3 is 18.9 Å². The second-order valence-electron chi connectivity index (χ2n) is 12.0. The third-order valence-corrected chi connectivity index (χ3v) is 8.08. The minimum Gasteiger partial charge on any atom is -0.458 e. The molecule has 232 valence electrons. The normalized spacial score (nSPS) is 31.5. The van der Waals surface area contributed by atoms with E-state index in [4.69, 9.17) is 18.9 Å². The molecule has 10 nitrogen and oxygen atoms in total. The fourth-order valence-corrected chi connectivity index (χ4v) is 5.98. The maximum Gasteiger partial charge on any atom is 0.338 e. The van der Waals surface area contributed by atoms with Crippen molar-refractivity contribution in [3.05, 3.63) is 60.2 Å². The van der Waals surface area contributed by atoms with E-state index in [-0.39, 0.29) is 29.8 Å². The summed E-state index contributed by atoms with van der Waals surface area (Å²) in [6.07, 6.45) is -1.07. The Hall–Kier alpha value is -4.08. The van der Waals surface area contributed by atoms with Crippen LogP contribution >= 0.6 is 0 Å². The van der Waals surface area contributed by atoms with Crippen LogP contribution in [0.3, 0.4) is 0 Å². The van der Waals surface area contributed by atoms with Gasteiger partial charge in [-0.05, 0) is 31.9 Å². The van der Waals surface area contributed by atoms with Crippen LogP contribution in [0.4, 0.5) is 0 Å². The van der Waals surface area contributed by atoms with Crippen molar-refractivity contribution in [2.75, 3.05) is 0 Å². The zero-order valence-corrected chi connectivity index (χ0v) is 25.7. The summed E-state index contributed by atoms with van der Waals surface area (Å²) in [5.41, 5.74) is -2.79. The summed E-state index contributed by atoms with van der Waals surface area (Å²) in [5, 5.41) is 0. The number of benzene rings is 1. The molecule has 43 heavy (non-hydrogen) atoms. The lowest BCUT2D eigenvalue weighted by Crippen LogP contribution is -2.57. The molecule has 0 amide bonds. The Labute approximate surface area is 251 Å². The van der Waals surface area contributed by atoms with Gasteiger partial charge in [-0.15, -0.1) is 0 Å². The fraction of sp³-hybridized carbons (Fsp3) is 0.515. The first-order valence-corrected chi connectivity index (χ1v) is 14.3. The topological polar surface area (TPSA) is 139 Å². The molecule has 0 heterocycles. The molecule has 1 aromatic carbocycles. The summed E-state index contributed by atoms with van der Waals surface area (Å²) in [6.45, 7) is 14.2. The van der Waals surface area contributed by atoms with Gasteiger partial charge in [0.2, 0.25) is 0 Å². The fourth-order valence-electron chi connectivity index (χ4n) is 5.98. The van der Waals surface area contributed by atoms with Gasteiger partial charge in [0.15, 0.2) is 11.4 Å². The van der Waals surface area contributed by atoms with E-state index >= 15 is 0 Å². The monoisotopic (exact) mass is 596 g/mol. The predicted molar refractivity (Wildman–Crippen MR) is 154 cm³/mol. The highest BCUT2D eigenvalue weighted by molar-refractivity contribution is 5.94. The zero-order valence-electron chi connectivity index (χ0n) is 25.7. The first kappa shape index (κ1) is 33.4. The molecule has 10 heteroatoms. The smallest absolute Gasteiger partial charge is 0.338 e. The summed E-state index contributed by atoms with van der Waals surface area (Å²) in [5.74, 6) is -6.56. The van der Waals surface area contributed by atoms with Crippen LogP contribution in [0, 0.1) is 23.2 Å². The van der Waals surface area contributed by atoms with E-state index in [2.05, 4.69) is 6.58 Å². The molecular formula is C33H40O10. The van der Waals surface area contributed by atoms with E-state index < -0.39 is 76.7 Å². The summed E-state index contributed by atoms with van der Waals surface area (Å²) in [4.78, 5) is 78.6. The Morgan fingerprint density at radius 3 is 2.05 bits per heavy atom. The number of rotatable bonds is 5. The van der Waals surface area contributed by atoms with Gasteiger partial charge in [0.1, 0.15) is 24.1 Å². The largest absolute Gasteiger partial charge is 0.458 e. The molecule has 2 aliphatic carbocycles. The Morgan fingerprint density at radius 1 is 0.884 bits per heavy atom. The Morgan fingerprint density at radius 2 is 1.49 bits per heavy atom. The van der Waals surface area contributed by atoms with Gasteiger partial charge in [0, 0.05) is 50.5 Å². The molecule has 1 fully saturated rings. The maximum atomic E-state index is 14.4. The van der Waals surface area contributed by atoms with E-state index in [9.17, 15) is 28.8 Å². The second kappa shape index (κ2) is 13.1. The molecular weight excluding hydrogens is 556 g/mol. The van der Waals surface area contributed by atoms with Crippen LogP contribution < -0.4 is 0 Å². The zero-order chi connectivity index (χ0) is 32.3. The van der Waals surface area contributed by atoms with Crippen LogP contribution in [0.2, 0.25) is 0 Å². The summed E-state index contributed by atoms with van der Waals surface area (Å²) in [6, 6.07) is 8.19. The molecule has 0 aromatic heterocycles. The number of hydrogen-bond acceptors (Lipinski definition) is 10. The highest BCUT2D eigenvalue weighted by Crippen LogP contribution is 2.51. The van der Waals surface area contributed by atoms with Crippen LogP contribution in [0.1, 0.15) is 71.7 Å². The number of ketones is 2. The van der Waals surface area contributed by atoms with E-state index in [1.807, 2.05) is 0 Å². The number of esters is 4.